The highest BCUT2D eigenvalue weighted by Crippen LogP contribution is 2.43. The summed E-state index contributed by atoms with van der Waals surface area (Å²) in [7, 11) is 0. The molecule has 2 aromatic carbocycles. The first kappa shape index (κ1) is 22.0. The van der Waals surface area contributed by atoms with E-state index in [-0.39, 0.29) is 5.91 Å². The van der Waals surface area contributed by atoms with Crippen LogP contribution >= 0.6 is 35.0 Å². The van der Waals surface area contributed by atoms with Crippen LogP contribution in [-0.2, 0) is 4.79 Å². The molecule has 3 rings (SSSR count). The van der Waals surface area contributed by atoms with E-state index >= 15 is 0 Å². The Balaban J connectivity index is 2.08. The summed E-state index contributed by atoms with van der Waals surface area (Å²) >= 11 is 13.9. The lowest BCUT2D eigenvalue weighted by molar-refractivity contribution is -0.113. The number of anilines is 1. The van der Waals surface area contributed by atoms with Crippen molar-refractivity contribution in [2.45, 2.75) is 12.8 Å². The number of carbonyl (C=O) groups excluding carboxylic acids is 1. The van der Waals surface area contributed by atoms with Crippen molar-refractivity contribution in [3.05, 3.63) is 98.7 Å². The fraction of sp³-hybridized carbons (Fsp3) is 0.130. The number of thioether (sulfide) groups is 1. The third kappa shape index (κ3) is 4.73. The number of nitriles is 1. The number of allylic oxidation sites excluding steroid dienone is 2. The van der Waals surface area contributed by atoms with Gasteiger partial charge < -0.3 is 10.6 Å². The molecule has 0 saturated heterocycles. The molecule has 7 heteroatoms. The molecule has 1 heterocycles. The summed E-state index contributed by atoms with van der Waals surface area (Å²) in [6, 6.07) is 16.4. The number of halogens is 2. The van der Waals surface area contributed by atoms with Crippen LogP contribution in [0.4, 0.5) is 5.69 Å². The number of dihydropyridines is 1. The maximum Gasteiger partial charge on any atom is 0.254 e. The number of hydrogen-bond acceptors (Lipinski definition) is 4. The summed E-state index contributed by atoms with van der Waals surface area (Å²) in [4.78, 5) is 13.3. The lowest BCUT2D eigenvalue weighted by Crippen LogP contribution is -2.30. The van der Waals surface area contributed by atoms with Crippen molar-refractivity contribution in [3.63, 3.8) is 0 Å². The zero-order valence-electron chi connectivity index (χ0n) is 16.2. The minimum Gasteiger partial charge on any atom is -0.353 e. The fourth-order valence-electron chi connectivity index (χ4n) is 3.22. The molecule has 1 atom stereocenters. The highest BCUT2D eigenvalue weighted by atomic mass is 35.5. The van der Waals surface area contributed by atoms with Crippen LogP contribution in [0.3, 0.4) is 0 Å². The van der Waals surface area contributed by atoms with Crippen molar-refractivity contribution in [1.29, 1.82) is 5.26 Å². The average molecular weight is 456 g/mol. The standard InChI is InChI=1S/C23H19Cl2N3OS/c1-3-12-30-23-18(13-26)21(17-6-4-5-7-19(17)25)20(14(2)27-23)22(29)28-16-10-8-15(24)9-11-16/h3-11,21,27H,1,12H2,2H3,(H,28,29)/t21-/m0/s1. The predicted octanol–water partition coefficient (Wildman–Crippen LogP) is 6.25. The molecule has 30 heavy (non-hydrogen) atoms. The molecule has 0 aromatic heterocycles. The van der Waals surface area contributed by atoms with E-state index in [1.165, 1.54) is 11.8 Å². The SMILES string of the molecule is C=CCSC1=C(C#N)[C@H](c2ccccc2Cl)C(C(=O)Nc2ccc(Cl)cc2)=C(C)N1. The van der Waals surface area contributed by atoms with E-state index < -0.39 is 5.92 Å². The molecule has 4 nitrogen and oxygen atoms in total. The molecular formula is C23H19Cl2N3OS. The van der Waals surface area contributed by atoms with Gasteiger partial charge >= 0.3 is 0 Å². The van der Waals surface area contributed by atoms with Crippen LogP contribution < -0.4 is 10.6 Å². The summed E-state index contributed by atoms with van der Waals surface area (Å²) in [6.45, 7) is 5.56. The number of carbonyl (C=O) groups is 1. The summed E-state index contributed by atoms with van der Waals surface area (Å²) in [5, 5.41) is 17.9. The van der Waals surface area contributed by atoms with Gasteiger partial charge in [-0.1, -0.05) is 47.5 Å². The Morgan fingerprint density at radius 1 is 1.27 bits per heavy atom. The van der Waals surface area contributed by atoms with Crippen molar-refractivity contribution in [3.8, 4) is 6.07 Å². The van der Waals surface area contributed by atoms with Gasteiger partial charge in [-0.3, -0.25) is 4.79 Å². The minimum absolute atomic E-state index is 0.312. The summed E-state index contributed by atoms with van der Waals surface area (Å²) in [5.41, 5.74) is 2.86. The van der Waals surface area contributed by atoms with Crippen LogP contribution in [0.1, 0.15) is 18.4 Å². The quantitative estimate of drug-likeness (QED) is 0.505. The summed E-state index contributed by atoms with van der Waals surface area (Å²) in [6.07, 6.45) is 1.76. The highest BCUT2D eigenvalue weighted by molar-refractivity contribution is 8.03. The van der Waals surface area contributed by atoms with Crippen LogP contribution in [0.5, 0.6) is 0 Å². The monoisotopic (exact) mass is 455 g/mol. The Bertz CT molecular complexity index is 1080. The second-order valence-corrected chi connectivity index (χ2v) is 8.41. The number of hydrogen-bond donors (Lipinski definition) is 2. The third-order valence-corrected chi connectivity index (χ3v) is 6.17. The topological polar surface area (TPSA) is 64.9 Å². The Hall–Kier alpha value is -2.65. The normalized spacial score (nSPS) is 16.0. The zero-order chi connectivity index (χ0) is 21.7. The van der Waals surface area contributed by atoms with E-state index in [2.05, 4.69) is 23.3 Å². The molecule has 1 aliphatic rings. The van der Waals surface area contributed by atoms with Crippen molar-refractivity contribution < 1.29 is 4.79 Å². The fourth-order valence-corrected chi connectivity index (χ4v) is 4.42. The second kappa shape index (κ2) is 9.90. The van der Waals surface area contributed by atoms with Crippen LogP contribution in [0, 0.1) is 11.3 Å². The number of nitrogens with zero attached hydrogens (tertiary/aromatic N) is 1. The third-order valence-electron chi connectivity index (χ3n) is 4.56. The molecule has 0 aliphatic carbocycles. The van der Waals surface area contributed by atoms with Crippen LogP contribution in [0.2, 0.25) is 10.0 Å². The molecule has 0 fully saturated rings. The van der Waals surface area contributed by atoms with Crippen LogP contribution in [-0.4, -0.2) is 11.7 Å². The van der Waals surface area contributed by atoms with Gasteiger partial charge in [0, 0.05) is 32.8 Å². The van der Waals surface area contributed by atoms with Crippen molar-refractivity contribution in [1.82, 2.24) is 5.32 Å². The maximum atomic E-state index is 13.3. The maximum absolute atomic E-state index is 13.3. The van der Waals surface area contributed by atoms with Gasteiger partial charge in [-0.2, -0.15) is 5.26 Å². The first-order valence-corrected chi connectivity index (χ1v) is 10.9. The number of amides is 1. The van der Waals surface area contributed by atoms with E-state index in [1.807, 2.05) is 25.1 Å². The predicted molar refractivity (Wildman–Crippen MR) is 125 cm³/mol. The van der Waals surface area contributed by atoms with Crippen LogP contribution in [0.15, 0.2) is 83.1 Å². The van der Waals surface area contributed by atoms with E-state index in [1.54, 1.807) is 36.4 Å². The van der Waals surface area contributed by atoms with E-state index in [9.17, 15) is 10.1 Å². The molecule has 2 N–H and O–H groups in total. The first-order valence-electron chi connectivity index (χ1n) is 9.13. The molecule has 0 spiro atoms. The lowest BCUT2D eigenvalue weighted by Gasteiger charge is -2.30. The first-order chi connectivity index (χ1) is 14.5. The summed E-state index contributed by atoms with van der Waals surface area (Å²) < 4.78 is 0. The van der Waals surface area contributed by atoms with E-state index in [0.717, 1.165) is 0 Å². The van der Waals surface area contributed by atoms with Gasteiger partial charge in [0.2, 0.25) is 0 Å². The van der Waals surface area contributed by atoms with Gasteiger partial charge in [-0.05, 0) is 42.8 Å². The van der Waals surface area contributed by atoms with Gasteiger partial charge in [0.1, 0.15) is 0 Å². The van der Waals surface area contributed by atoms with E-state index in [4.69, 9.17) is 23.2 Å². The van der Waals surface area contributed by atoms with Gasteiger partial charge in [0.15, 0.2) is 0 Å². The summed E-state index contributed by atoms with van der Waals surface area (Å²) in [5.74, 6) is -0.278. The van der Waals surface area contributed by atoms with Gasteiger partial charge in [-0.25, -0.2) is 0 Å². The molecule has 1 amide bonds. The lowest BCUT2D eigenvalue weighted by atomic mass is 9.82. The molecule has 2 aromatic rings. The number of benzene rings is 2. The minimum atomic E-state index is -0.593. The molecule has 0 saturated carbocycles. The van der Waals surface area contributed by atoms with Crippen molar-refractivity contribution in [2.24, 2.45) is 0 Å². The Morgan fingerprint density at radius 3 is 2.60 bits per heavy atom. The van der Waals surface area contributed by atoms with Gasteiger partial charge in [0.05, 0.1) is 22.6 Å². The number of nitrogens with one attached hydrogen (secondary N) is 2. The Morgan fingerprint density at radius 2 is 1.97 bits per heavy atom. The molecule has 0 radical (unpaired) electrons. The Labute approximate surface area is 190 Å². The van der Waals surface area contributed by atoms with Crippen molar-refractivity contribution in [2.75, 3.05) is 11.1 Å². The molecule has 0 unspecified atom stereocenters. The smallest absolute Gasteiger partial charge is 0.254 e. The van der Waals surface area contributed by atoms with E-state index in [0.29, 0.717) is 48.9 Å². The number of rotatable bonds is 6. The molecule has 0 bridgehead atoms. The molecule has 152 valence electrons. The van der Waals surface area contributed by atoms with Gasteiger partial charge in [0.25, 0.3) is 5.91 Å². The second-order valence-electron chi connectivity index (χ2n) is 6.53. The molecule has 1 aliphatic heterocycles. The van der Waals surface area contributed by atoms with Crippen LogP contribution in [0.25, 0.3) is 0 Å². The van der Waals surface area contributed by atoms with Crippen molar-refractivity contribution >= 4 is 46.6 Å². The highest BCUT2D eigenvalue weighted by Gasteiger charge is 2.35. The zero-order valence-corrected chi connectivity index (χ0v) is 18.5. The largest absolute Gasteiger partial charge is 0.353 e. The average Bonchev–Trinajstić information content (AvgIpc) is 2.73. The molecular weight excluding hydrogens is 437 g/mol. The van der Waals surface area contributed by atoms with Gasteiger partial charge in [-0.15, -0.1) is 18.3 Å². The Kier molecular flexibility index (Phi) is 7.28.